The monoisotopic (exact) mass is 538 g/mol. The van der Waals surface area contributed by atoms with E-state index in [4.69, 9.17) is 34.8 Å². The molecule has 0 aliphatic carbocycles. The van der Waals surface area contributed by atoms with E-state index in [-0.39, 0.29) is 12.5 Å². The van der Waals surface area contributed by atoms with E-state index in [0.717, 1.165) is 21.9 Å². The molecule has 1 heterocycles. The Labute approximate surface area is 210 Å². The molecule has 0 aliphatic rings. The number of thiophene rings is 1. The van der Waals surface area contributed by atoms with Crippen LogP contribution < -0.4 is 9.62 Å². The zero-order valence-corrected chi connectivity index (χ0v) is 21.1. The lowest BCUT2D eigenvalue weighted by Crippen LogP contribution is -2.29. The van der Waals surface area contributed by atoms with Gasteiger partial charge >= 0.3 is 0 Å². The van der Waals surface area contributed by atoms with Crippen LogP contribution in [0.5, 0.6) is 0 Å². The zero-order valence-electron chi connectivity index (χ0n) is 17.2. The number of amides is 1. The van der Waals surface area contributed by atoms with Gasteiger partial charge in [-0.2, -0.15) is 0 Å². The average Bonchev–Trinajstić information content (AvgIpc) is 3.18. The summed E-state index contributed by atoms with van der Waals surface area (Å²) in [4.78, 5) is 13.2. The van der Waals surface area contributed by atoms with E-state index < -0.39 is 10.0 Å². The highest BCUT2D eigenvalue weighted by atomic mass is 35.5. The number of nitrogens with zero attached hydrogens (tertiary/aromatic N) is 1. The molecule has 0 unspecified atom stereocenters. The predicted octanol–water partition coefficient (Wildman–Crippen LogP) is 7.08. The minimum absolute atomic E-state index is 0.163. The predicted molar refractivity (Wildman–Crippen MR) is 139 cm³/mol. The summed E-state index contributed by atoms with van der Waals surface area (Å²) in [5.41, 5.74) is 1.84. The van der Waals surface area contributed by atoms with Gasteiger partial charge in [0.25, 0.3) is 5.91 Å². The first-order valence-electron chi connectivity index (χ1n) is 9.62. The molecule has 33 heavy (non-hydrogen) atoms. The molecule has 0 bridgehead atoms. The van der Waals surface area contributed by atoms with Crippen molar-refractivity contribution in [2.45, 2.75) is 6.54 Å². The fourth-order valence-electron chi connectivity index (χ4n) is 3.22. The highest BCUT2D eigenvalue weighted by Gasteiger charge is 2.19. The van der Waals surface area contributed by atoms with Crippen molar-refractivity contribution in [1.29, 1.82) is 0 Å². The van der Waals surface area contributed by atoms with Crippen LogP contribution in [0.15, 0.2) is 66.7 Å². The van der Waals surface area contributed by atoms with Crippen molar-refractivity contribution < 1.29 is 13.2 Å². The number of halogens is 3. The number of rotatable bonds is 6. The van der Waals surface area contributed by atoms with Crippen molar-refractivity contribution in [1.82, 2.24) is 0 Å². The minimum Gasteiger partial charge on any atom is -0.321 e. The van der Waals surface area contributed by atoms with Crippen LogP contribution in [0.2, 0.25) is 15.1 Å². The summed E-state index contributed by atoms with van der Waals surface area (Å²) in [5.74, 6) is -0.294. The molecule has 0 radical (unpaired) electrons. The Balaban J connectivity index is 1.62. The fourth-order valence-corrected chi connectivity index (χ4v) is 5.46. The number of nitrogens with one attached hydrogen (secondary N) is 1. The maximum atomic E-state index is 12.7. The molecule has 1 aromatic heterocycles. The minimum atomic E-state index is -3.55. The smallest absolute Gasteiger partial charge is 0.265 e. The molecule has 0 spiro atoms. The Hall–Kier alpha value is -2.29. The third kappa shape index (κ3) is 5.62. The molecule has 0 aliphatic heterocycles. The van der Waals surface area contributed by atoms with Gasteiger partial charge in [-0.05, 0) is 65.5 Å². The van der Waals surface area contributed by atoms with Gasteiger partial charge in [-0.3, -0.25) is 9.10 Å². The van der Waals surface area contributed by atoms with Crippen LogP contribution in [0.4, 0.5) is 11.4 Å². The SMILES string of the molecule is CS(=O)(=O)N(Cc1ccc(Cl)cc1)c1ccc2sc(C(=O)Nc3ccc(Cl)c(Cl)c3)cc2c1. The van der Waals surface area contributed by atoms with Gasteiger partial charge in [0, 0.05) is 15.4 Å². The molecule has 4 aromatic rings. The van der Waals surface area contributed by atoms with E-state index in [1.54, 1.807) is 60.7 Å². The largest absolute Gasteiger partial charge is 0.321 e. The van der Waals surface area contributed by atoms with Crippen molar-refractivity contribution in [3.8, 4) is 0 Å². The summed E-state index contributed by atoms with van der Waals surface area (Å²) in [6.07, 6.45) is 1.16. The second-order valence-corrected chi connectivity index (χ2v) is 11.6. The van der Waals surface area contributed by atoms with E-state index in [2.05, 4.69) is 5.32 Å². The van der Waals surface area contributed by atoms with Crippen LogP contribution in [0.3, 0.4) is 0 Å². The van der Waals surface area contributed by atoms with Gasteiger partial charge in [-0.15, -0.1) is 11.3 Å². The van der Waals surface area contributed by atoms with Crippen LogP contribution in [0.1, 0.15) is 15.2 Å². The molecule has 3 aromatic carbocycles. The van der Waals surface area contributed by atoms with Gasteiger partial charge in [0.05, 0.1) is 33.4 Å². The van der Waals surface area contributed by atoms with Crippen molar-refractivity contribution in [2.75, 3.05) is 15.9 Å². The van der Waals surface area contributed by atoms with Gasteiger partial charge in [0.15, 0.2) is 0 Å². The Morgan fingerprint density at radius 2 is 1.67 bits per heavy atom. The second kappa shape index (κ2) is 9.52. The lowest BCUT2D eigenvalue weighted by Gasteiger charge is -2.22. The summed E-state index contributed by atoms with van der Waals surface area (Å²) >= 11 is 19.2. The number of hydrogen-bond donors (Lipinski definition) is 1. The molecule has 1 N–H and O–H groups in total. The Kier molecular flexibility index (Phi) is 6.88. The molecular weight excluding hydrogens is 523 g/mol. The highest BCUT2D eigenvalue weighted by Crippen LogP contribution is 2.32. The highest BCUT2D eigenvalue weighted by molar-refractivity contribution is 7.92. The van der Waals surface area contributed by atoms with E-state index in [1.807, 2.05) is 6.07 Å². The first-order chi connectivity index (χ1) is 15.6. The molecule has 1 amide bonds. The van der Waals surface area contributed by atoms with Crippen molar-refractivity contribution >= 4 is 83.5 Å². The molecule has 5 nitrogen and oxygen atoms in total. The van der Waals surface area contributed by atoms with Crippen LogP contribution >= 0.6 is 46.1 Å². The number of sulfonamides is 1. The fraction of sp³-hybridized carbons (Fsp3) is 0.0870. The lowest BCUT2D eigenvalue weighted by atomic mass is 10.2. The first-order valence-corrected chi connectivity index (χ1v) is 13.4. The average molecular weight is 540 g/mol. The molecule has 0 saturated carbocycles. The number of hydrogen-bond acceptors (Lipinski definition) is 4. The molecule has 10 heteroatoms. The molecule has 170 valence electrons. The van der Waals surface area contributed by atoms with Gasteiger partial charge in [0.1, 0.15) is 0 Å². The van der Waals surface area contributed by atoms with Crippen LogP contribution in [-0.4, -0.2) is 20.6 Å². The van der Waals surface area contributed by atoms with Crippen LogP contribution in [-0.2, 0) is 16.6 Å². The number of anilines is 2. The summed E-state index contributed by atoms with van der Waals surface area (Å²) < 4.78 is 27.2. The summed E-state index contributed by atoms with van der Waals surface area (Å²) in [5, 5.41) is 4.89. The lowest BCUT2D eigenvalue weighted by molar-refractivity contribution is 0.103. The van der Waals surface area contributed by atoms with E-state index in [0.29, 0.717) is 31.3 Å². The van der Waals surface area contributed by atoms with Gasteiger partial charge in [-0.1, -0.05) is 46.9 Å². The quantitative estimate of drug-likeness (QED) is 0.285. The Morgan fingerprint density at radius 3 is 2.33 bits per heavy atom. The standard InChI is InChI=1S/C23H17Cl3N2O3S2/c1-33(30,31)28(13-14-2-4-16(24)5-3-14)18-7-9-21-15(10-18)11-22(32-21)23(29)27-17-6-8-19(25)20(26)12-17/h2-12H,13H2,1H3,(H,27,29). The van der Waals surface area contributed by atoms with Gasteiger partial charge < -0.3 is 5.32 Å². The third-order valence-electron chi connectivity index (χ3n) is 4.83. The van der Waals surface area contributed by atoms with Gasteiger partial charge in [-0.25, -0.2) is 8.42 Å². The van der Waals surface area contributed by atoms with Crippen LogP contribution in [0.25, 0.3) is 10.1 Å². The van der Waals surface area contributed by atoms with E-state index in [9.17, 15) is 13.2 Å². The van der Waals surface area contributed by atoms with Crippen molar-refractivity contribution in [3.05, 3.63) is 92.2 Å². The number of carbonyl (C=O) groups excluding carboxylic acids is 1. The van der Waals surface area contributed by atoms with E-state index in [1.165, 1.54) is 15.6 Å². The Bertz CT molecular complexity index is 1450. The first kappa shape index (κ1) is 23.9. The maximum Gasteiger partial charge on any atom is 0.265 e. The number of carbonyl (C=O) groups is 1. The summed E-state index contributed by atoms with van der Waals surface area (Å²) in [6.45, 7) is 0.163. The zero-order chi connectivity index (χ0) is 23.8. The topological polar surface area (TPSA) is 66.5 Å². The third-order valence-corrected chi connectivity index (χ3v) is 8.08. The van der Waals surface area contributed by atoms with E-state index >= 15 is 0 Å². The van der Waals surface area contributed by atoms with Crippen LogP contribution in [0, 0.1) is 0 Å². The summed E-state index contributed by atoms with van der Waals surface area (Å²) in [6, 6.07) is 18.9. The van der Waals surface area contributed by atoms with Crippen molar-refractivity contribution in [3.63, 3.8) is 0 Å². The number of fused-ring (bicyclic) bond motifs is 1. The number of benzene rings is 3. The maximum absolute atomic E-state index is 12.7. The second-order valence-electron chi connectivity index (χ2n) is 7.31. The normalized spacial score (nSPS) is 11.5. The van der Waals surface area contributed by atoms with Gasteiger partial charge in [0.2, 0.25) is 10.0 Å². The molecule has 4 rings (SSSR count). The molecule has 0 atom stereocenters. The summed E-state index contributed by atoms with van der Waals surface area (Å²) in [7, 11) is -3.55. The van der Waals surface area contributed by atoms with Crippen molar-refractivity contribution in [2.24, 2.45) is 0 Å². The Morgan fingerprint density at radius 1 is 0.939 bits per heavy atom. The molecule has 0 fully saturated rings. The molecule has 0 saturated heterocycles. The molecular formula is C23H17Cl3N2O3S2.